The number of benzene rings is 1. The molecule has 0 spiro atoms. The number of ether oxygens (including phenoxy) is 1. The number of hydrogen-bond donors (Lipinski definition) is 1. The van der Waals surface area contributed by atoms with Crippen molar-refractivity contribution in [3.8, 4) is 5.75 Å². The molecule has 1 aliphatic heterocycles. The maximum Gasteiger partial charge on any atom is 0.119 e. The lowest BCUT2D eigenvalue weighted by Crippen LogP contribution is -2.06. The highest BCUT2D eigenvalue weighted by Crippen LogP contribution is 2.26. The number of nitrogens with one attached hydrogen (secondary N) is 1. The van der Waals surface area contributed by atoms with Gasteiger partial charge in [0.25, 0.3) is 0 Å². The summed E-state index contributed by atoms with van der Waals surface area (Å²) in [6.07, 6.45) is 5.46. The third-order valence-electron chi connectivity index (χ3n) is 2.97. The largest absolute Gasteiger partial charge is 0.494 e. The zero-order valence-corrected chi connectivity index (χ0v) is 11.1. The molecule has 0 fully saturated rings. The van der Waals surface area contributed by atoms with E-state index in [1.165, 1.54) is 12.0 Å². The number of aryl methyl sites for hydroxylation is 1. The highest BCUT2D eigenvalue weighted by molar-refractivity contribution is 7.80. The van der Waals surface area contributed by atoms with E-state index >= 15 is 0 Å². The summed E-state index contributed by atoms with van der Waals surface area (Å²) in [5.41, 5.74) is 2.47. The number of rotatable bonds is 4. The van der Waals surface area contributed by atoms with E-state index in [-0.39, 0.29) is 0 Å². The summed E-state index contributed by atoms with van der Waals surface area (Å²) in [5.74, 6) is 0.979. The van der Waals surface area contributed by atoms with Crippen molar-refractivity contribution in [1.82, 2.24) is 0 Å². The second-order valence-electron chi connectivity index (χ2n) is 4.42. The Morgan fingerprint density at radius 2 is 2.24 bits per heavy atom. The molecule has 0 unspecified atom stereocenters. The van der Waals surface area contributed by atoms with Crippen LogP contribution >= 0.6 is 12.2 Å². The number of fused-ring (bicyclic) bond motifs is 1. The van der Waals surface area contributed by atoms with Gasteiger partial charge in [0.1, 0.15) is 5.75 Å². The van der Waals surface area contributed by atoms with Crippen molar-refractivity contribution in [3.63, 3.8) is 0 Å². The Morgan fingerprint density at radius 1 is 1.35 bits per heavy atom. The van der Waals surface area contributed by atoms with Gasteiger partial charge >= 0.3 is 0 Å². The van der Waals surface area contributed by atoms with Crippen LogP contribution in [0.5, 0.6) is 5.75 Å². The molecule has 1 aliphatic rings. The van der Waals surface area contributed by atoms with Crippen LogP contribution in [0.15, 0.2) is 18.2 Å². The van der Waals surface area contributed by atoms with E-state index in [0.717, 1.165) is 48.7 Å². The van der Waals surface area contributed by atoms with Crippen LogP contribution < -0.4 is 10.1 Å². The smallest absolute Gasteiger partial charge is 0.119 e. The third kappa shape index (κ3) is 3.43. The van der Waals surface area contributed by atoms with Gasteiger partial charge in [0.15, 0.2) is 0 Å². The third-order valence-corrected chi connectivity index (χ3v) is 3.27. The first-order valence-corrected chi connectivity index (χ1v) is 6.76. The normalized spacial score (nSPS) is 14.8. The highest BCUT2D eigenvalue weighted by atomic mass is 32.1. The van der Waals surface area contributed by atoms with Crippen molar-refractivity contribution in [2.45, 2.75) is 39.0 Å². The van der Waals surface area contributed by atoms with Crippen LogP contribution in [0.1, 0.15) is 38.2 Å². The predicted molar refractivity (Wildman–Crippen MR) is 76.0 cm³/mol. The fourth-order valence-electron chi connectivity index (χ4n) is 1.98. The standard InChI is InChI=1S/C14H19NOS/c1-2-3-9-16-12-7-8-13-11(10-12)5-4-6-14(17)15-13/h7-8,10H,2-6,9H2,1H3,(H,15,17). The quantitative estimate of drug-likeness (QED) is 0.645. The maximum atomic E-state index is 5.72. The van der Waals surface area contributed by atoms with Crippen LogP contribution in [0.4, 0.5) is 5.69 Å². The Bertz CT molecular complexity index is 403. The molecule has 1 aromatic carbocycles. The summed E-state index contributed by atoms with van der Waals surface area (Å²) in [7, 11) is 0. The minimum Gasteiger partial charge on any atom is -0.494 e. The minimum atomic E-state index is 0.807. The van der Waals surface area contributed by atoms with E-state index in [9.17, 15) is 0 Å². The lowest BCUT2D eigenvalue weighted by Gasteiger charge is -2.11. The SMILES string of the molecule is CCCCOc1ccc2c(c1)CCCC(=S)N2. The van der Waals surface area contributed by atoms with Gasteiger partial charge in [0, 0.05) is 5.69 Å². The van der Waals surface area contributed by atoms with Crippen LogP contribution in [0.2, 0.25) is 0 Å². The lowest BCUT2D eigenvalue weighted by atomic mass is 10.1. The Hall–Kier alpha value is -1.09. The molecule has 1 heterocycles. The maximum absolute atomic E-state index is 5.72. The van der Waals surface area contributed by atoms with Crippen LogP contribution in [0, 0.1) is 0 Å². The van der Waals surface area contributed by atoms with E-state index in [0.29, 0.717) is 0 Å². The molecule has 0 aliphatic carbocycles. The highest BCUT2D eigenvalue weighted by Gasteiger charge is 2.11. The van der Waals surface area contributed by atoms with Crippen molar-refractivity contribution in [3.05, 3.63) is 23.8 Å². The molecule has 2 nitrogen and oxygen atoms in total. The van der Waals surface area contributed by atoms with Crippen molar-refractivity contribution in [2.24, 2.45) is 0 Å². The van der Waals surface area contributed by atoms with Gasteiger partial charge in [-0.05, 0) is 49.4 Å². The number of thiocarbonyl (C=S) groups is 1. The molecule has 0 saturated carbocycles. The van der Waals surface area contributed by atoms with Crippen LogP contribution in [0.25, 0.3) is 0 Å². The summed E-state index contributed by atoms with van der Waals surface area (Å²) < 4.78 is 5.72. The van der Waals surface area contributed by atoms with Gasteiger partial charge < -0.3 is 10.1 Å². The van der Waals surface area contributed by atoms with Gasteiger partial charge in [-0.2, -0.15) is 0 Å². The molecule has 3 heteroatoms. The molecule has 1 N–H and O–H groups in total. The van der Waals surface area contributed by atoms with Gasteiger partial charge in [-0.15, -0.1) is 0 Å². The first-order valence-electron chi connectivity index (χ1n) is 6.35. The van der Waals surface area contributed by atoms with E-state index in [1.54, 1.807) is 0 Å². The second-order valence-corrected chi connectivity index (χ2v) is 4.92. The molecule has 1 aromatic rings. The predicted octanol–water partition coefficient (Wildman–Crippen LogP) is 3.94. The summed E-state index contributed by atoms with van der Waals surface area (Å²) in [5, 5.41) is 3.29. The summed E-state index contributed by atoms with van der Waals surface area (Å²) in [6, 6.07) is 6.25. The van der Waals surface area contributed by atoms with E-state index in [4.69, 9.17) is 17.0 Å². The molecule has 2 rings (SSSR count). The zero-order chi connectivity index (χ0) is 12.1. The molecule has 0 amide bonds. The van der Waals surface area contributed by atoms with Crippen molar-refractivity contribution in [2.75, 3.05) is 11.9 Å². The first kappa shape index (κ1) is 12.4. The average molecular weight is 249 g/mol. The van der Waals surface area contributed by atoms with E-state index in [2.05, 4.69) is 24.4 Å². The Balaban J connectivity index is 2.07. The van der Waals surface area contributed by atoms with E-state index < -0.39 is 0 Å². The number of anilines is 1. The molecular weight excluding hydrogens is 230 g/mol. The monoisotopic (exact) mass is 249 g/mol. The number of hydrogen-bond acceptors (Lipinski definition) is 2. The topological polar surface area (TPSA) is 21.3 Å². The average Bonchev–Trinajstić information content (AvgIpc) is 2.50. The van der Waals surface area contributed by atoms with Gasteiger partial charge in [0.2, 0.25) is 0 Å². The molecule has 17 heavy (non-hydrogen) atoms. The van der Waals surface area contributed by atoms with Gasteiger partial charge in [-0.1, -0.05) is 25.6 Å². The lowest BCUT2D eigenvalue weighted by molar-refractivity contribution is 0.309. The van der Waals surface area contributed by atoms with Gasteiger partial charge in [-0.3, -0.25) is 0 Å². The molecule has 0 radical (unpaired) electrons. The fourth-order valence-corrected chi connectivity index (χ4v) is 2.23. The number of unbranched alkanes of at least 4 members (excludes halogenated alkanes) is 1. The fraction of sp³-hybridized carbons (Fsp3) is 0.500. The van der Waals surface area contributed by atoms with Gasteiger partial charge in [-0.25, -0.2) is 0 Å². The van der Waals surface area contributed by atoms with E-state index in [1.807, 2.05) is 6.07 Å². The Labute approximate surface area is 108 Å². The zero-order valence-electron chi connectivity index (χ0n) is 10.3. The van der Waals surface area contributed by atoms with Crippen LogP contribution in [0.3, 0.4) is 0 Å². The summed E-state index contributed by atoms with van der Waals surface area (Å²) >= 11 is 5.24. The molecule has 0 atom stereocenters. The van der Waals surface area contributed by atoms with Crippen molar-refractivity contribution < 1.29 is 4.74 Å². The van der Waals surface area contributed by atoms with Crippen LogP contribution in [-0.2, 0) is 6.42 Å². The molecule has 0 saturated heterocycles. The first-order chi connectivity index (χ1) is 8.29. The summed E-state index contributed by atoms with van der Waals surface area (Å²) in [6.45, 7) is 2.98. The Morgan fingerprint density at radius 3 is 3.06 bits per heavy atom. The molecule has 0 bridgehead atoms. The molecule has 92 valence electrons. The second kappa shape index (κ2) is 6.01. The summed E-state index contributed by atoms with van der Waals surface area (Å²) in [4.78, 5) is 0.948. The van der Waals surface area contributed by atoms with Crippen molar-refractivity contribution >= 4 is 22.9 Å². The van der Waals surface area contributed by atoms with Gasteiger partial charge in [0.05, 0.1) is 11.6 Å². The minimum absolute atomic E-state index is 0.807. The Kier molecular flexibility index (Phi) is 4.37. The molecule has 0 aromatic heterocycles. The van der Waals surface area contributed by atoms with Crippen LogP contribution in [-0.4, -0.2) is 11.6 Å². The van der Waals surface area contributed by atoms with Crippen molar-refractivity contribution in [1.29, 1.82) is 0 Å². The molecular formula is C14H19NOS.